The number of hydrogen-bond acceptors (Lipinski definition) is 2. The SMILES string of the molecule is CC1CCCC(NC(=O)C2(C(=O)O)CCC2)C1. The first-order chi connectivity index (χ1) is 8.04. The number of carboxylic acids is 1. The lowest BCUT2D eigenvalue weighted by Gasteiger charge is -2.38. The van der Waals surface area contributed by atoms with Crippen LogP contribution in [0.25, 0.3) is 0 Å². The first-order valence-electron chi connectivity index (χ1n) is 6.59. The summed E-state index contributed by atoms with van der Waals surface area (Å²) in [6.45, 7) is 2.19. The van der Waals surface area contributed by atoms with Crippen LogP contribution in [0.2, 0.25) is 0 Å². The number of hydrogen-bond donors (Lipinski definition) is 2. The van der Waals surface area contributed by atoms with Gasteiger partial charge in [0.2, 0.25) is 5.91 Å². The molecule has 0 aromatic carbocycles. The molecule has 0 aromatic heterocycles. The highest BCUT2D eigenvalue weighted by Crippen LogP contribution is 2.41. The minimum Gasteiger partial charge on any atom is -0.480 e. The average molecular weight is 239 g/mol. The fourth-order valence-electron chi connectivity index (χ4n) is 2.96. The van der Waals surface area contributed by atoms with Crippen LogP contribution < -0.4 is 5.32 Å². The van der Waals surface area contributed by atoms with Crippen molar-refractivity contribution in [3.63, 3.8) is 0 Å². The molecule has 1 amide bonds. The predicted molar refractivity (Wildman–Crippen MR) is 63.5 cm³/mol. The Balaban J connectivity index is 1.94. The van der Waals surface area contributed by atoms with Crippen LogP contribution in [0, 0.1) is 11.3 Å². The van der Waals surface area contributed by atoms with Gasteiger partial charge in [0.25, 0.3) is 0 Å². The van der Waals surface area contributed by atoms with Gasteiger partial charge in [-0.25, -0.2) is 0 Å². The fraction of sp³-hybridized carbons (Fsp3) is 0.846. The number of carbonyl (C=O) groups is 2. The summed E-state index contributed by atoms with van der Waals surface area (Å²) in [6.07, 6.45) is 6.17. The van der Waals surface area contributed by atoms with Crippen LogP contribution in [0.4, 0.5) is 0 Å². The number of amides is 1. The topological polar surface area (TPSA) is 66.4 Å². The van der Waals surface area contributed by atoms with Gasteiger partial charge in [-0.05, 0) is 31.6 Å². The van der Waals surface area contributed by atoms with Gasteiger partial charge in [0.15, 0.2) is 0 Å². The molecule has 0 heterocycles. The van der Waals surface area contributed by atoms with Crippen LogP contribution in [0.3, 0.4) is 0 Å². The molecule has 2 aliphatic rings. The number of carboxylic acid groups (broad SMARTS) is 1. The highest BCUT2D eigenvalue weighted by Gasteiger charge is 2.51. The molecule has 2 fully saturated rings. The quantitative estimate of drug-likeness (QED) is 0.740. The van der Waals surface area contributed by atoms with E-state index in [4.69, 9.17) is 0 Å². The number of aliphatic carboxylic acids is 1. The molecule has 17 heavy (non-hydrogen) atoms. The van der Waals surface area contributed by atoms with E-state index in [0.29, 0.717) is 18.8 Å². The second kappa shape index (κ2) is 4.67. The molecule has 96 valence electrons. The van der Waals surface area contributed by atoms with Crippen LogP contribution >= 0.6 is 0 Å². The zero-order chi connectivity index (χ0) is 12.5. The van der Waals surface area contributed by atoms with Crippen molar-refractivity contribution in [2.24, 2.45) is 11.3 Å². The van der Waals surface area contributed by atoms with E-state index in [2.05, 4.69) is 12.2 Å². The third-order valence-electron chi connectivity index (χ3n) is 4.32. The monoisotopic (exact) mass is 239 g/mol. The van der Waals surface area contributed by atoms with Crippen molar-refractivity contribution >= 4 is 11.9 Å². The van der Waals surface area contributed by atoms with E-state index >= 15 is 0 Å². The van der Waals surface area contributed by atoms with Crippen molar-refractivity contribution in [3.8, 4) is 0 Å². The lowest BCUT2D eigenvalue weighted by atomic mass is 9.68. The summed E-state index contributed by atoms with van der Waals surface area (Å²) in [5, 5.41) is 12.1. The minimum atomic E-state index is -1.11. The molecule has 4 nitrogen and oxygen atoms in total. The summed E-state index contributed by atoms with van der Waals surface area (Å²) >= 11 is 0. The summed E-state index contributed by atoms with van der Waals surface area (Å²) in [4.78, 5) is 23.3. The molecule has 4 heteroatoms. The smallest absolute Gasteiger partial charge is 0.319 e. The maximum absolute atomic E-state index is 12.1. The molecule has 0 spiro atoms. The van der Waals surface area contributed by atoms with Gasteiger partial charge in [-0.2, -0.15) is 0 Å². The van der Waals surface area contributed by atoms with Gasteiger partial charge in [-0.3, -0.25) is 9.59 Å². The van der Waals surface area contributed by atoms with E-state index < -0.39 is 11.4 Å². The van der Waals surface area contributed by atoms with Gasteiger partial charge in [0.1, 0.15) is 5.41 Å². The Morgan fingerprint density at radius 1 is 1.24 bits per heavy atom. The molecular weight excluding hydrogens is 218 g/mol. The summed E-state index contributed by atoms with van der Waals surface area (Å²) in [5.74, 6) is -0.573. The van der Waals surface area contributed by atoms with E-state index in [-0.39, 0.29) is 11.9 Å². The Kier molecular flexibility index (Phi) is 3.40. The lowest BCUT2D eigenvalue weighted by molar-refractivity contribution is -0.162. The van der Waals surface area contributed by atoms with E-state index in [1.54, 1.807) is 0 Å². The summed E-state index contributed by atoms with van der Waals surface area (Å²) in [7, 11) is 0. The van der Waals surface area contributed by atoms with E-state index in [1.165, 1.54) is 6.42 Å². The van der Waals surface area contributed by atoms with Gasteiger partial charge >= 0.3 is 5.97 Å². The first-order valence-corrected chi connectivity index (χ1v) is 6.59. The van der Waals surface area contributed by atoms with Crippen LogP contribution in [-0.2, 0) is 9.59 Å². The van der Waals surface area contributed by atoms with Crippen molar-refractivity contribution in [1.29, 1.82) is 0 Å². The second-order valence-corrected chi connectivity index (χ2v) is 5.68. The Bertz CT molecular complexity index is 323. The minimum absolute atomic E-state index is 0.183. The lowest BCUT2D eigenvalue weighted by Crippen LogP contribution is -2.54. The standard InChI is InChI=1S/C13H21NO3/c1-9-4-2-5-10(8-9)14-11(15)13(12(16)17)6-3-7-13/h9-10H,2-8H2,1H3,(H,14,15)(H,16,17). The van der Waals surface area contributed by atoms with Crippen molar-refractivity contribution in [2.75, 3.05) is 0 Å². The summed E-state index contributed by atoms with van der Waals surface area (Å²) < 4.78 is 0. The van der Waals surface area contributed by atoms with E-state index in [0.717, 1.165) is 25.7 Å². The predicted octanol–water partition coefficient (Wildman–Crippen LogP) is 1.94. The number of carbonyl (C=O) groups excluding carboxylic acids is 1. The van der Waals surface area contributed by atoms with Crippen molar-refractivity contribution in [3.05, 3.63) is 0 Å². The molecule has 2 N–H and O–H groups in total. The molecule has 2 atom stereocenters. The Labute approximate surface area is 102 Å². The highest BCUT2D eigenvalue weighted by molar-refractivity contribution is 6.02. The average Bonchev–Trinajstić information content (AvgIpc) is 2.14. The van der Waals surface area contributed by atoms with Gasteiger partial charge < -0.3 is 10.4 Å². The Morgan fingerprint density at radius 2 is 1.94 bits per heavy atom. The number of rotatable bonds is 3. The highest BCUT2D eigenvalue weighted by atomic mass is 16.4. The molecule has 0 aliphatic heterocycles. The van der Waals surface area contributed by atoms with Gasteiger partial charge in [0, 0.05) is 6.04 Å². The molecule has 2 saturated carbocycles. The van der Waals surface area contributed by atoms with Crippen LogP contribution in [-0.4, -0.2) is 23.0 Å². The zero-order valence-corrected chi connectivity index (χ0v) is 10.4. The summed E-state index contributed by atoms with van der Waals surface area (Å²) in [5.41, 5.74) is -1.11. The summed E-state index contributed by atoms with van der Waals surface area (Å²) in [6, 6.07) is 0.183. The third-order valence-corrected chi connectivity index (χ3v) is 4.32. The van der Waals surface area contributed by atoms with Gasteiger partial charge in [0.05, 0.1) is 0 Å². The Morgan fingerprint density at radius 3 is 2.41 bits per heavy atom. The molecule has 0 saturated heterocycles. The van der Waals surface area contributed by atoms with Crippen LogP contribution in [0.5, 0.6) is 0 Å². The van der Waals surface area contributed by atoms with Crippen molar-refractivity contribution in [1.82, 2.24) is 5.32 Å². The van der Waals surface area contributed by atoms with Gasteiger partial charge in [-0.1, -0.05) is 26.2 Å². The van der Waals surface area contributed by atoms with Crippen LogP contribution in [0.1, 0.15) is 51.9 Å². The second-order valence-electron chi connectivity index (χ2n) is 5.68. The molecule has 0 aromatic rings. The first kappa shape index (κ1) is 12.4. The molecular formula is C13H21NO3. The zero-order valence-electron chi connectivity index (χ0n) is 10.4. The maximum atomic E-state index is 12.1. The third kappa shape index (κ3) is 2.31. The molecule has 0 bridgehead atoms. The molecule has 0 radical (unpaired) electrons. The van der Waals surface area contributed by atoms with Crippen LogP contribution in [0.15, 0.2) is 0 Å². The normalized spacial score (nSPS) is 31.4. The van der Waals surface area contributed by atoms with Crippen molar-refractivity contribution < 1.29 is 14.7 Å². The Hall–Kier alpha value is -1.06. The maximum Gasteiger partial charge on any atom is 0.319 e. The molecule has 2 aliphatic carbocycles. The molecule has 2 rings (SSSR count). The fourth-order valence-corrected chi connectivity index (χ4v) is 2.96. The van der Waals surface area contributed by atoms with E-state index in [9.17, 15) is 14.7 Å². The number of nitrogens with one attached hydrogen (secondary N) is 1. The van der Waals surface area contributed by atoms with E-state index in [1.807, 2.05) is 0 Å². The van der Waals surface area contributed by atoms with Gasteiger partial charge in [-0.15, -0.1) is 0 Å². The molecule has 2 unspecified atom stereocenters. The van der Waals surface area contributed by atoms with Crippen molar-refractivity contribution in [2.45, 2.75) is 57.9 Å². The largest absolute Gasteiger partial charge is 0.480 e.